The van der Waals surface area contributed by atoms with Gasteiger partial charge in [0.1, 0.15) is 5.00 Å². The number of nitrogens with one attached hydrogen (secondary N) is 2. The molecule has 1 aromatic carbocycles. The molecule has 7 heteroatoms. The van der Waals surface area contributed by atoms with Crippen LogP contribution in [0.3, 0.4) is 0 Å². The summed E-state index contributed by atoms with van der Waals surface area (Å²) in [4.78, 5) is 28.6. The number of nitrogens with zero attached hydrogens (tertiary/aromatic N) is 1. The fourth-order valence-electron chi connectivity index (χ4n) is 3.76. The minimum Gasteiger partial charge on any atom is -0.462 e. The van der Waals surface area contributed by atoms with Gasteiger partial charge in [0.2, 0.25) is 5.91 Å². The molecule has 1 amide bonds. The molecule has 0 bridgehead atoms. The Balaban J connectivity index is 1.69. The van der Waals surface area contributed by atoms with E-state index in [2.05, 4.69) is 22.5 Å². The molecule has 1 aliphatic heterocycles. The summed E-state index contributed by atoms with van der Waals surface area (Å²) in [5.74, 6) is -0.570. The van der Waals surface area contributed by atoms with Crippen LogP contribution in [0.15, 0.2) is 36.4 Å². The second-order valence-electron chi connectivity index (χ2n) is 7.48. The summed E-state index contributed by atoms with van der Waals surface area (Å²) in [5, 5.41) is 6.83. The summed E-state index contributed by atoms with van der Waals surface area (Å²) in [6, 6.07) is 11.7. The average Bonchev–Trinajstić information content (AvgIpc) is 3.39. The van der Waals surface area contributed by atoms with E-state index in [4.69, 9.17) is 4.74 Å². The Bertz CT molecular complexity index is 853. The highest BCUT2D eigenvalue weighted by Gasteiger charge is 2.25. The molecular formula is C23H31N3O3S. The first-order valence-corrected chi connectivity index (χ1v) is 11.5. The van der Waals surface area contributed by atoms with Gasteiger partial charge >= 0.3 is 5.97 Å². The fraction of sp³-hybridized carbons (Fsp3) is 0.478. The third-order valence-corrected chi connectivity index (χ3v) is 6.58. The van der Waals surface area contributed by atoms with Crippen molar-refractivity contribution in [1.29, 1.82) is 0 Å². The van der Waals surface area contributed by atoms with Crippen LogP contribution in [0.4, 0.5) is 5.00 Å². The number of hydrogen-bond acceptors (Lipinski definition) is 6. The number of amides is 1. The molecule has 0 unspecified atom stereocenters. The number of likely N-dealkylation sites (N-methyl/N-ethyl adjacent to an activating group) is 1. The van der Waals surface area contributed by atoms with E-state index in [1.807, 2.05) is 37.3 Å². The van der Waals surface area contributed by atoms with Crippen molar-refractivity contribution in [3.8, 4) is 10.4 Å². The summed E-state index contributed by atoms with van der Waals surface area (Å²) < 4.78 is 5.19. The van der Waals surface area contributed by atoms with Crippen molar-refractivity contribution in [3.63, 3.8) is 0 Å². The second-order valence-corrected chi connectivity index (χ2v) is 8.54. The maximum absolute atomic E-state index is 12.8. The molecule has 0 saturated carbocycles. The van der Waals surface area contributed by atoms with E-state index in [9.17, 15) is 9.59 Å². The molecule has 0 spiro atoms. The lowest BCUT2D eigenvalue weighted by molar-refractivity contribution is -0.117. The molecule has 1 fully saturated rings. The van der Waals surface area contributed by atoms with Crippen molar-refractivity contribution in [2.24, 2.45) is 0 Å². The van der Waals surface area contributed by atoms with Gasteiger partial charge in [-0.25, -0.2) is 4.79 Å². The maximum Gasteiger partial charge on any atom is 0.341 e. The molecule has 30 heavy (non-hydrogen) atoms. The van der Waals surface area contributed by atoms with Crippen LogP contribution in [0.5, 0.6) is 0 Å². The Kier molecular flexibility index (Phi) is 8.01. The Morgan fingerprint density at radius 3 is 2.73 bits per heavy atom. The zero-order valence-electron chi connectivity index (χ0n) is 17.9. The minimum atomic E-state index is -0.420. The van der Waals surface area contributed by atoms with Crippen LogP contribution in [0.25, 0.3) is 10.4 Å². The van der Waals surface area contributed by atoms with E-state index < -0.39 is 5.97 Å². The average molecular weight is 430 g/mol. The van der Waals surface area contributed by atoms with Gasteiger partial charge in [-0.15, -0.1) is 11.3 Å². The van der Waals surface area contributed by atoms with Crippen molar-refractivity contribution >= 4 is 28.2 Å². The molecule has 3 rings (SSSR count). The number of ether oxygens (including phenoxy) is 1. The highest BCUT2D eigenvalue weighted by atomic mass is 32.1. The normalized spacial score (nSPS) is 17.6. The molecule has 2 N–H and O–H groups in total. The van der Waals surface area contributed by atoms with Crippen LogP contribution in [-0.2, 0) is 9.53 Å². The van der Waals surface area contributed by atoms with E-state index in [-0.39, 0.29) is 18.6 Å². The molecule has 1 saturated heterocycles. The van der Waals surface area contributed by atoms with E-state index in [0.29, 0.717) is 16.6 Å². The van der Waals surface area contributed by atoms with Crippen molar-refractivity contribution in [2.45, 2.75) is 45.7 Å². The van der Waals surface area contributed by atoms with Crippen molar-refractivity contribution in [3.05, 3.63) is 42.0 Å². The lowest BCUT2D eigenvalue weighted by Crippen LogP contribution is -2.45. The van der Waals surface area contributed by atoms with E-state index in [0.717, 1.165) is 36.5 Å². The first kappa shape index (κ1) is 22.5. The van der Waals surface area contributed by atoms with Gasteiger partial charge in [-0.1, -0.05) is 37.3 Å². The monoisotopic (exact) mass is 429 g/mol. The van der Waals surface area contributed by atoms with Crippen LogP contribution >= 0.6 is 11.3 Å². The SMILES string of the molecule is CCOC(=O)c1cc(-c2ccccc2)sc1NC(=O)[C@H](C)NC[C@H]1CCCN1CC. The van der Waals surface area contributed by atoms with Gasteiger partial charge in [-0.05, 0) is 51.4 Å². The van der Waals surface area contributed by atoms with E-state index in [1.54, 1.807) is 13.0 Å². The third kappa shape index (κ3) is 5.47. The number of hydrogen-bond donors (Lipinski definition) is 2. The molecule has 1 aliphatic rings. The molecule has 6 nitrogen and oxygen atoms in total. The van der Waals surface area contributed by atoms with Gasteiger partial charge in [-0.3, -0.25) is 9.69 Å². The second kappa shape index (κ2) is 10.7. The molecule has 0 radical (unpaired) electrons. The maximum atomic E-state index is 12.8. The largest absolute Gasteiger partial charge is 0.462 e. The molecule has 2 heterocycles. The summed E-state index contributed by atoms with van der Waals surface area (Å²) in [6.07, 6.45) is 2.37. The van der Waals surface area contributed by atoms with Crippen molar-refractivity contribution in [1.82, 2.24) is 10.2 Å². The number of anilines is 1. The fourth-order valence-corrected chi connectivity index (χ4v) is 4.81. The van der Waals surface area contributed by atoms with Gasteiger partial charge in [0.25, 0.3) is 0 Å². The Hall–Kier alpha value is -2.22. The van der Waals surface area contributed by atoms with Gasteiger partial charge in [0.05, 0.1) is 18.2 Å². The van der Waals surface area contributed by atoms with Crippen molar-refractivity contribution < 1.29 is 14.3 Å². The predicted molar refractivity (Wildman–Crippen MR) is 122 cm³/mol. The number of esters is 1. The number of likely N-dealkylation sites (tertiary alicyclic amines) is 1. The lowest BCUT2D eigenvalue weighted by atomic mass is 10.1. The molecule has 1 aromatic heterocycles. The zero-order chi connectivity index (χ0) is 21.5. The molecule has 162 valence electrons. The van der Waals surface area contributed by atoms with E-state index >= 15 is 0 Å². The standard InChI is InChI=1S/C23H31N3O3S/c1-4-26-13-9-12-18(26)15-24-16(3)21(27)25-22-19(23(28)29-5-2)14-20(30-22)17-10-7-6-8-11-17/h6-8,10-11,14,16,18,24H,4-5,9,12-13,15H2,1-3H3,(H,25,27)/t16-,18+/m0/s1. The number of carbonyl (C=O) groups is 2. The summed E-state index contributed by atoms with van der Waals surface area (Å²) in [7, 11) is 0. The minimum absolute atomic E-state index is 0.150. The Morgan fingerprint density at radius 2 is 2.03 bits per heavy atom. The number of carbonyl (C=O) groups excluding carboxylic acids is 2. The first-order valence-electron chi connectivity index (χ1n) is 10.7. The van der Waals surface area contributed by atoms with Crippen LogP contribution < -0.4 is 10.6 Å². The summed E-state index contributed by atoms with van der Waals surface area (Å²) >= 11 is 1.39. The Morgan fingerprint density at radius 1 is 1.27 bits per heavy atom. The van der Waals surface area contributed by atoms with Crippen LogP contribution in [0, 0.1) is 0 Å². The molecule has 0 aliphatic carbocycles. The quantitative estimate of drug-likeness (QED) is 0.590. The zero-order valence-corrected chi connectivity index (χ0v) is 18.8. The molecule has 2 aromatic rings. The topological polar surface area (TPSA) is 70.7 Å². The van der Waals surface area contributed by atoms with E-state index in [1.165, 1.54) is 17.8 Å². The number of thiophene rings is 1. The van der Waals surface area contributed by atoms with Crippen LogP contribution in [-0.4, -0.2) is 55.1 Å². The van der Waals surface area contributed by atoms with Gasteiger partial charge < -0.3 is 15.4 Å². The van der Waals surface area contributed by atoms with Crippen LogP contribution in [0.1, 0.15) is 44.0 Å². The number of benzene rings is 1. The highest BCUT2D eigenvalue weighted by molar-refractivity contribution is 7.20. The van der Waals surface area contributed by atoms with Crippen LogP contribution in [0.2, 0.25) is 0 Å². The number of rotatable bonds is 9. The molecular weight excluding hydrogens is 398 g/mol. The summed E-state index contributed by atoms with van der Waals surface area (Å²) in [6.45, 7) is 9.04. The predicted octanol–water partition coefficient (Wildman–Crippen LogP) is 3.99. The Labute approximate surface area is 182 Å². The van der Waals surface area contributed by atoms with Gasteiger partial charge in [-0.2, -0.15) is 0 Å². The third-order valence-electron chi connectivity index (χ3n) is 5.48. The summed E-state index contributed by atoms with van der Waals surface area (Å²) in [5.41, 5.74) is 1.40. The van der Waals surface area contributed by atoms with Gasteiger partial charge in [0, 0.05) is 17.5 Å². The first-order chi connectivity index (χ1) is 14.5. The highest BCUT2D eigenvalue weighted by Crippen LogP contribution is 2.36. The smallest absolute Gasteiger partial charge is 0.341 e. The molecule has 2 atom stereocenters. The van der Waals surface area contributed by atoms with Gasteiger partial charge in [0.15, 0.2) is 0 Å². The van der Waals surface area contributed by atoms with Crippen molar-refractivity contribution in [2.75, 3.05) is 31.6 Å². The lowest BCUT2D eigenvalue weighted by Gasteiger charge is -2.24.